The molecule has 3 rings (SSSR count). The predicted octanol–water partition coefficient (Wildman–Crippen LogP) is 8.44. The Balaban J connectivity index is 0.000000678. The molecule has 1 fully saturated rings. The Kier molecular flexibility index (Phi) is 21.3. The molecule has 44 heavy (non-hydrogen) atoms. The average molecular weight is 615 g/mol. The molecule has 246 valence electrons. The van der Waals surface area contributed by atoms with Crippen molar-refractivity contribution in [1.29, 1.82) is 0 Å². The van der Waals surface area contributed by atoms with E-state index >= 15 is 0 Å². The number of benzene rings is 1. The van der Waals surface area contributed by atoms with Gasteiger partial charge < -0.3 is 25.6 Å². The lowest BCUT2D eigenvalue weighted by molar-refractivity contribution is -0.116. The van der Waals surface area contributed by atoms with Gasteiger partial charge in [0.1, 0.15) is 17.9 Å². The maximum atomic E-state index is 14.3. The fourth-order valence-electron chi connectivity index (χ4n) is 4.75. The van der Waals surface area contributed by atoms with Crippen LogP contribution in [0.15, 0.2) is 72.1 Å². The van der Waals surface area contributed by atoms with E-state index in [4.69, 9.17) is 0 Å². The third-order valence-electron chi connectivity index (χ3n) is 6.80. The number of anilines is 1. The lowest BCUT2D eigenvalue weighted by atomic mass is 9.91. The van der Waals surface area contributed by atoms with Crippen molar-refractivity contribution in [2.75, 3.05) is 38.5 Å². The van der Waals surface area contributed by atoms with Crippen LogP contribution in [0.2, 0.25) is 0 Å². The second-order valence-electron chi connectivity index (χ2n) is 10.6. The molecule has 0 aliphatic carbocycles. The van der Waals surface area contributed by atoms with Crippen molar-refractivity contribution in [2.24, 2.45) is 5.92 Å². The van der Waals surface area contributed by atoms with Gasteiger partial charge in [0, 0.05) is 34.6 Å². The zero-order valence-corrected chi connectivity index (χ0v) is 28.4. The van der Waals surface area contributed by atoms with Gasteiger partial charge in [-0.25, -0.2) is 8.78 Å². The van der Waals surface area contributed by atoms with Gasteiger partial charge in [-0.2, -0.15) is 0 Å². The summed E-state index contributed by atoms with van der Waals surface area (Å²) in [5.74, 6) is -1.79. The van der Waals surface area contributed by atoms with E-state index in [2.05, 4.69) is 27.4 Å². The van der Waals surface area contributed by atoms with Crippen LogP contribution in [0.4, 0.5) is 14.5 Å². The summed E-state index contributed by atoms with van der Waals surface area (Å²) in [6, 6.07) is 5.27. The maximum absolute atomic E-state index is 14.3. The lowest BCUT2D eigenvalue weighted by Gasteiger charge is -2.13. The van der Waals surface area contributed by atoms with E-state index in [1.54, 1.807) is 38.1 Å². The summed E-state index contributed by atoms with van der Waals surface area (Å²) in [4.78, 5) is 24.6. The number of hydrogen-bond donors (Lipinski definition) is 3. The van der Waals surface area contributed by atoms with Crippen molar-refractivity contribution >= 4 is 23.5 Å². The van der Waals surface area contributed by atoms with Crippen LogP contribution in [0.1, 0.15) is 91.7 Å². The molecule has 2 aliphatic rings. The van der Waals surface area contributed by atoms with Crippen LogP contribution >= 0.6 is 0 Å². The SMILES string of the molecule is C=C(C)N/C(C)=C\C(C)C=O.CC.CNCCCN1CCCC1.C\C=C(/C(F)=C\C(F)=C/C)c1cccc2c1C(C)C(=O)N2. The van der Waals surface area contributed by atoms with E-state index in [1.165, 1.54) is 51.9 Å². The number of hydrogen-bond acceptors (Lipinski definition) is 5. The van der Waals surface area contributed by atoms with Gasteiger partial charge in [0.05, 0.1) is 5.92 Å². The summed E-state index contributed by atoms with van der Waals surface area (Å²) in [5, 5.41) is 8.94. The molecule has 0 spiro atoms. The lowest BCUT2D eigenvalue weighted by Crippen LogP contribution is -2.23. The summed E-state index contributed by atoms with van der Waals surface area (Å²) in [7, 11) is 2.02. The fourth-order valence-corrected chi connectivity index (χ4v) is 4.75. The number of halogens is 2. The fraction of sp³-hybridized carbons (Fsp3) is 0.500. The van der Waals surface area contributed by atoms with Gasteiger partial charge in [-0.1, -0.05) is 57.7 Å². The van der Waals surface area contributed by atoms with E-state index in [0.29, 0.717) is 11.3 Å². The molecule has 6 nitrogen and oxygen atoms in total. The van der Waals surface area contributed by atoms with Crippen molar-refractivity contribution in [1.82, 2.24) is 15.5 Å². The van der Waals surface area contributed by atoms with E-state index in [-0.39, 0.29) is 23.3 Å². The predicted molar refractivity (Wildman–Crippen MR) is 184 cm³/mol. The Bertz CT molecular complexity index is 1160. The number of rotatable bonds is 11. The Morgan fingerprint density at radius 1 is 1.16 bits per heavy atom. The molecule has 0 aromatic heterocycles. The first-order valence-electron chi connectivity index (χ1n) is 15.7. The molecule has 2 unspecified atom stereocenters. The van der Waals surface area contributed by atoms with Crippen LogP contribution in [0, 0.1) is 5.92 Å². The first kappa shape index (κ1) is 40.6. The number of allylic oxidation sites excluding steroid dienone is 9. The van der Waals surface area contributed by atoms with Crippen molar-refractivity contribution in [3.63, 3.8) is 0 Å². The van der Waals surface area contributed by atoms with Gasteiger partial charge >= 0.3 is 0 Å². The molecular formula is C36H56F2N4O2. The van der Waals surface area contributed by atoms with Gasteiger partial charge in [-0.05, 0) is 104 Å². The van der Waals surface area contributed by atoms with Crippen LogP contribution in [-0.4, -0.2) is 50.3 Å². The highest BCUT2D eigenvalue weighted by atomic mass is 19.1. The second-order valence-corrected chi connectivity index (χ2v) is 10.6. The van der Waals surface area contributed by atoms with Crippen molar-refractivity contribution < 1.29 is 18.4 Å². The normalized spacial score (nSPS) is 17.5. The number of aldehydes is 1. The van der Waals surface area contributed by atoms with Crippen LogP contribution in [0.3, 0.4) is 0 Å². The molecule has 1 aromatic carbocycles. The second kappa shape index (κ2) is 23.1. The first-order chi connectivity index (χ1) is 21.0. The molecule has 8 heteroatoms. The minimum absolute atomic E-state index is 0.0261. The molecular weight excluding hydrogens is 558 g/mol. The molecule has 3 N–H and O–H groups in total. The van der Waals surface area contributed by atoms with Crippen LogP contribution in [0.5, 0.6) is 0 Å². The molecule has 2 atom stereocenters. The van der Waals surface area contributed by atoms with E-state index < -0.39 is 11.7 Å². The summed E-state index contributed by atoms with van der Waals surface area (Å²) in [6.07, 6.45) is 10.5. The number of fused-ring (bicyclic) bond motifs is 1. The molecule has 1 amide bonds. The number of nitrogens with zero attached hydrogens (tertiary/aromatic N) is 1. The highest BCUT2D eigenvalue weighted by molar-refractivity contribution is 6.04. The minimum Gasteiger partial charge on any atom is -0.364 e. The molecule has 0 bridgehead atoms. The zero-order valence-electron chi connectivity index (χ0n) is 28.4. The van der Waals surface area contributed by atoms with Gasteiger partial charge in [0.2, 0.25) is 5.91 Å². The smallest absolute Gasteiger partial charge is 0.231 e. The standard InChI is InChI=1S/C17H17F2NO.C9H15NO.C8H18N2.C2H6/c1-4-11(18)9-14(19)12(5-2)13-7-6-8-15-16(13)10(3)17(21)20-15;1-7(2)10-9(4)5-8(3)6-11;1-9-5-4-8-10-6-2-3-7-10;1-2/h4-10H,1-3H3,(H,20,21);5-6,8,10H,1H2,2-4H3;9H,2-8H2,1H3;1-2H3/b11-4+,12-5-,14-9+;9-5-;;. The van der Waals surface area contributed by atoms with Gasteiger partial charge in [0.15, 0.2) is 0 Å². The number of carbonyl (C=O) groups excluding carboxylic acids is 2. The summed E-state index contributed by atoms with van der Waals surface area (Å²) < 4.78 is 27.5. The maximum Gasteiger partial charge on any atom is 0.231 e. The molecule has 1 saturated heterocycles. The third-order valence-corrected chi connectivity index (χ3v) is 6.80. The summed E-state index contributed by atoms with van der Waals surface area (Å²) >= 11 is 0. The Hall–Kier alpha value is -3.36. The highest BCUT2D eigenvalue weighted by Crippen LogP contribution is 2.40. The van der Waals surface area contributed by atoms with E-state index in [9.17, 15) is 18.4 Å². The van der Waals surface area contributed by atoms with E-state index in [1.807, 2.05) is 47.7 Å². The van der Waals surface area contributed by atoms with Gasteiger partial charge in [0.25, 0.3) is 0 Å². The summed E-state index contributed by atoms with van der Waals surface area (Å²) in [6.45, 7) is 23.4. The zero-order chi connectivity index (χ0) is 33.7. The minimum atomic E-state index is -0.659. The largest absolute Gasteiger partial charge is 0.364 e. The first-order valence-corrected chi connectivity index (χ1v) is 15.7. The number of nitrogens with one attached hydrogen (secondary N) is 3. The number of amides is 1. The van der Waals surface area contributed by atoms with Crippen molar-refractivity contribution in [3.05, 3.63) is 83.3 Å². The molecule has 0 saturated carbocycles. The van der Waals surface area contributed by atoms with Crippen molar-refractivity contribution in [2.45, 2.75) is 80.6 Å². The number of carbonyl (C=O) groups is 2. The molecule has 2 heterocycles. The molecule has 0 radical (unpaired) electrons. The summed E-state index contributed by atoms with van der Waals surface area (Å²) in [5.41, 5.74) is 4.18. The van der Waals surface area contributed by atoms with Crippen molar-refractivity contribution in [3.8, 4) is 0 Å². The monoisotopic (exact) mass is 614 g/mol. The Labute approximate surface area is 265 Å². The Morgan fingerprint density at radius 2 is 1.80 bits per heavy atom. The van der Waals surface area contributed by atoms with E-state index in [0.717, 1.165) is 35.9 Å². The quantitative estimate of drug-likeness (QED) is 0.133. The van der Waals surface area contributed by atoms with Gasteiger partial charge in [-0.15, -0.1) is 0 Å². The Morgan fingerprint density at radius 3 is 2.32 bits per heavy atom. The number of likely N-dealkylation sites (tertiary alicyclic amines) is 1. The molecule has 1 aromatic rings. The van der Waals surface area contributed by atoms with Crippen LogP contribution in [0.25, 0.3) is 5.57 Å². The van der Waals surface area contributed by atoms with Crippen LogP contribution < -0.4 is 16.0 Å². The highest BCUT2D eigenvalue weighted by Gasteiger charge is 2.30. The average Bonchev–Trinajstić information content (AvgIpc) is 3.62. The van der Waals surface area contributed by atoms with Gasteiger partial charge in [-0.3, -0.25) is 4.79 Å². The topological polar surface area (TPSA) is 73.5 Å². The third kappa shape index (κ3) is 14.9. The molecule has 2 aliphatic heterocycles. The van der Waals surface area contributed by atoms with Crippen LogP contribution in [-0.2, 0) is 9.59 Å².